The highest BCUT2D eigenvalue weighted by Gasteiger charge is 2.30. The number of hydrogen-bond donors (Lipinski definition) is 2. The first-order chi connectivity index (χ1) is 8.42. The fraction of sp³-hybridized carbons (Fsp3) is 0.600. The van der Waals surface area contributed by atoms with E-state index in [1.54, 1.807) is 0 Å². The highest BCUT2D eigenvalue weighted by Crippen LogP contribution is 2.29. The van der Waals surface area contributed by atoms with Crippen molar-refractivity contribution in [3.8, 4) is 0 Å². The van der Waals surface area contributed by atoms with Crippen LogP contribution in [0.4, 0.5) is 0 Å². The lowest BCUT2D eigenvalue weighted by Crippen LogP contribution is -2.44. The Morgan fingerprint density at radius 1 is 1.17 bits per heavy atom. The summed E-state index contributed by atoms with van der Waals surface area (Å²) in [4.78, 5) is 0. The van der Waals surface area contributed by atoms with Crippen LogP contribution < -0.4 is 11.3 Å². The summed E-state index contributed by atoms with van der Waals surface area (Å²) < 4.78 is 5.77. The quantitative estimate of drug-likeness (QED) is 0.602. The van der Waals surface area contributed by atoms with Crippen LogP contribution >= 0.6 is 0 Å². The molecule has 1 rings (SSSR count). The van der Waals surface area contributed by atoms with Crippen molar-refractivity contribution >= 4 is 0 Å². The molecular formula is C15H26N2O. The van der Waals surface area contributed by atoms with E-state index in [4.69, 9.17) is 10.6 Å². The van der Waals surface area contributed by atoms with Crippen LogP contribution in [-0.4, -0.2) is 12.2 Å². The van der Waals surface area contributed by atoms with Gasteiger partial charge in [-0.2, -0.15) is 0 Å². The van der Waals surface area contributed by atoms with Gasteiger partial charge < -0.3 is 4.74 Å². The van der Waals surface area contributed by atoms with E-state index in [-0.39, 0.29) is 11.6 Å². The molecule has 0 saturated carbocycles. The Morgan fingerprint density at radius 3 is 2.06 bits per heavy atom. The number of nitrogens with two attached hydrogens (primary N) is 1. The van der Waals surface area contributed by atoms with Crippen molar-refractivity contribution in [1.29, 1.82) is 0 Å². The molecule has 0 heterocycles. The lowest BCUT2D eigenvalue weighted by atomic mass is 9.90. The molecule has 0 aromatic heterocycles. The summed E-state index contributed by atoms with van der Waals surface area (Å²) in [5, 5.41) is 0. The Labute approximate surface area is 111 Å². The van der Waals surface area contributed by atoms with E-state index in [1.807, 2.05) is 6.92 Å². The predicted molar refractivity (Wildman–Crippen MR) is 76.3 cm³/mol. The third-order valence-corrected chi connectivity index (χ3v) is 3.31. The maximum atomic E-state index is 5.77. The lowest BCUT2D eigenvalue weighted by Gasteiger charge is -2.34. The number of rotatable bonds is 6. The third-order valence-electron chi connectivity index (χ3n) is 3.31. The first-order valence-electron chi connectivity index (χ1n) is 6.62. The molecule has 1 aromatic carbocycles. The smallest absolute Gasteiger partial charge is 0.0833 e. The van der Waals surface area contributed by atoms with Crippen LogP contribution in [0.2, 0.25) is 0 Å². The molecule has 0 radical (unpaired) electrons. The van der Waals surface area contributed by atoms with Crippen LogP contribution in [0, 0.1) is 0 Å². The molecule has 1 unspecified atom stereocenters. The van der Waals surface area contributed by atoms with Crippen molar-refractivity contribution in [2.45, 2.75) is 52.2 Å². The first kappa shape index (κ1) is 15.2. The fourth-order valence-corrected chi connectivity index (χ4v) is 2.23. The summed E-state index contributed by atoms with van der Waals surface area (Å²) in [6, 6.07) is 8.55. The zero-order valence-corrected chi connectivity index (χ0v) is 12.2. The summed E-state index contributed by atoms with van der Waals surface area (Å²) in [6.07, 6.45) is 0. The molecule has 0 saturated heterocycles. The second-order valence-electron chi connectivity index (χ2n) is 5.46. The van der Waals surface area contributed by atoms with Crippen LogP contribution in [-0.2, 0) is 4.74 Å². The number of benzene rings is 1. The van der Waals surface area contributed by atoms with Crippen LogP contribution in [0.3, 0.4) is 0 Å². The number of nitrogens with one attached hydrogen (secondary N) is 1. The minimum Gasteiger partial charge on any atom is -0.374 e. The summed E-state index contributed by atoms with van der Waals surface area (Å²) >= 11 is 0. The van der Waals surface area contributed by atoms with Gasteiger partial charge in [0, 0.05) is 6.61 Å². The standard InChI is InChI=1S/C15H26N2O/c1-6-18-15(4,5)14(17-16)13-9-7-12(8-10-13)11(2)3/h7-11,14,17H,6,16H2,1-5H3. The third kappa shape index (κ3) is 3.55. The number of hydrazine groups is 1. The molecule has 0 aliphatic heterocycles. The second kappa shape index (κ2) is 6.32. The topological polar surface area (TPSA) is 47.3 Å². The van der Waals surface area contributed by atoms with Gasteiger partial charge in [-0.05, 0) is 37.8 Å². The van der Waals surface area contributed by atoms with E-state index in [9.17, 15) is 0 Å². The van der Waals surface area contributed by atoms with Crippen LogP contribution in [0.25, 0.3) is 0 Å². The van der Waals surface area contributed by atoms with Crippen LogP contribution in [0.5, 0.6) is 0 Å². The molecular weight excluding hydrogens is 224 g/mol. The molecule has 3 nitrogen and oxygen atoms in total. The van der Waals surface area contributed by atoms with Crippen molar-refractivity contribution in [2.75, 3.05) is 6.61 Å². The Balaban J connectivity index is 2.95. The highest BCUT2D eigenvalue weighted by atomic mass is 16.5. The largest absolute Gasteiger partial charge is 0.374 e. The normalized spacial score (nSPS) is 13.9. The van der Waals surface area contributed by atoms with Gasteiger partial charge in [-0.25, -0.2) is 0 Å². The van der Waals surface area contributed by atoms with E-state index in [2.05, 4.69) is 57.4 Å². The van der Waals surface area contributed by atoms with E-state index < -0.39 is 0 Å². The average molecular weight is 250 g/mol. The van der Waals surface area contributed by atoms with Crippen molar-refractivity contribution in [1.82, 2.24) is 5.43 Å². The van der Waals surface area contributed by atoms with Gasteiger partial charge in [-0.3, -0.25) is 11.3 Å². The van der Waals surface area contributed by atoms with Gasteiger partial charge in [0.15, 0.2) is 0 Å². The summed E-state index contributed by atoms with van der Waals surface area (Å²) in [5.41, 5.74) is 5.03. The van der Waals surface area contributed by atoms with Crippen molar-refractivity contribution in [2.24, 2.45) is 5.84 Å². The van der Waals surface area contributed by atoms with E-state index in [0.29, 0.717) is 12.5 Å². The Bertz CT molecular complexity index is 357. The van der Waals surface area contributed by atoms with E-state index >= 15 is 0 Å². The number of hydrogen-bond acceptors (Lipinski definition) is 3. The molecule has 0 spiro atoms. The zero-order chi connectivity index (χ0) is 13.8. The molecule has 0 fully saturated rings. The minimum atomic E-state index is -0.331. The molecule has 0 amide bonds. The second-order valence-corrected chi connectivity index (χ2v) is 5.46. The first-order valence-corrected chi connectivity index (χ1v) is 6.62. The molecule has 102 valence electrons. The Hall–Kier alpha value is -0.900. The van der Waals surface area contributed by atoms with E-state index in [1.165, 1.54) is 5.56 Å². The SMILES string of the molecule is CCOC(C)(C)C(NN)c1ccc(C(C)C)cc1. The molecule has 3 N–H and O–H groups in total. The molecule has 18 heavy (non-hydrogen) atoms. The maximum Gasteiger partial charge on any atom is 0.0833 e. The molecule has 0 aliphatic carbocycles. The van der Waals surface area contributed by atoms with Gasteiger partial charge in [0.1, 0.15) is 0 Å². The van der Waals surface area contributed by atoms with Crippen molar-refractivity contribution in [3.63, 3.8) is 0 Å². The van der Waals surface area contributed by atoms with Gasteiger partial charge >= 0.3 is 0 Å². The molecule has 1 aromatic rings. The van der Waals surface area contributed by atoms with Gasteiger partial charge in [-0.15, -0.1) is 0 Å². The monoisotopic (exact) mass is 250 g/mol. The average Bonchev–Trinajstić information content (AvgIpc) is 2.30. The van der Waals surface area contributed by atoms with Gasteiger partial charge in [0.05, 0.1) is 11.6 Å². The Morgan fingerprint density at radius 2 is 1.67 bits per heavy atom. The van der Waals surface area contributed by atoms with Gasteiger partial charge in [0.2, 0.25) is 0 Å². The van der Waals surface area contributed by atoms with Crippen molar-refractivity contribution < 1.29 is 4.74 Å². The summed E-state index contributed by atoms with van der Waals surface area (Å²) in [6.45, 7) is 11.2. The highest BCUT2D eigenvalue weighted by molar-refractivity contribution is 5.28. The van der Waals surface area contributed by atoms with Crippen LogP contribution in [0.15, 0.2) is 24.3 Å². The lowest BCUT2D eigenvalue weighted by molar-refractivity contribution is -0.0392. The summed E-state index contributed by atoms with van der Waals surface area (Å²) in [7, 11) is 0. The molecule has 0 aliphatic rings. The Kier molecular flexibility index (Phi) is 5.32. The molecule has 0 bridgehead atoms. The van der Waals surface area contributed by atoms with E-state index in [0.717, 1.165) is 5.56 Å². The van der Waals surface area contributed by atoms with Gasteiger partial charge in [-0.1, -0.05) is 38.1 Å². The zero-order valence-electron chi connectivity index (χ0n) is 12.2. The predicted octanol–water partition coefficient (Wildman–Crippen LogP) is 3.13. The fourth-order valence-electron chi connectivity index (χ4n) is 2.23. The summed E-state index contributed by atoms with van der Waals surface area (Å²) in [5.74, 6) is 6.23. The number of ether oxygens (including phenoxy) is 1. The van der Waals surface area contributed by atoms with Crippen LogP contribution in [0.1, 0.15) is 57.7 Å². The van der Waals surface area contributed by atoms with Gasteiger partial charge in [0.25, 0.3) is 0 Å². The van der Waals surface area contributed by atoms with Crippen molar-refractivity contribution in [3.05, 3.63) is 35.4 Å². The minimum absolute atomic E-state index is 0.0151. The maximum absolute atomic E-state index is 5.77. The molecule has 3 heteroatoms. The molecule has 1 atom stereocenters.